The van der Waals surface area contributed by atoms with Crippen LogP contribution in [-0.2, 0) is 4.84 Å². The quantitative estimate of drug-likeness (QED) is 0.601. The van der Waals surface area contributed by atoms with Crippen LogP contribution < -0.4 is 4.74 Å². The molecule has 1 aromatic rings. The molecular formula is C15H21NO2. The number of methoxy groups -OCH3 is 1. The number of oxime groups is 1. The van der Waals surface area contributed by atoms with E-state index in [4.69, 9.17) is 9.57 Å². The van der Waals surface area contributed by atoms with Gasteiger partial charge in [-0.05, 0) is 25.0 Å². The Hall–Kier alpha value is -1.51. The number of nitrogens with zero attached hydrogens (tertiary/aromatic N) is 1. The van der Waals surface area contributed by atoms with Gasteiger partial charge >= 0.3 is 0 Å². The van der Waals surface area contributed by atoms with Crippen LogP contribution in [0.25, 0.3) is 0 Å². The molecule has 1 aliphatic rings. The Morgan fingerprint density at radius 1 is 1.11 bits per heavy atom. The highest BCUT2D eigenvalue weighted by molar-refractivity contribution is 6.04. The van der Waals surface area contributed by atoms with Crippen molar-refractivity contribution in [3.63, 3.8) is 0 Å². The monoisotopic (exact) mass is 247 g/mol. The first-order chi connectivity index (χ1) is 8.86. The molecule has 1 fully saturated rings. The summed E-state index contributed by atoms with van der Waals surface area (Å²) in [5.41, 5.74) is 2.10. The van der Waals surface area contributed by atoms with Crippen LogP contribution in [0.4, 0.5) is 0 Å². The number of para-hydroxylation sites is 1. The first-order valence-electron chi connectivity index (χ1n) is 6.61. The first kappa shape index (κ1) is 12.9. The largest absolute Gasteiger partial charge is 0.496 e. The second kappa shape index (κ2) is 6.43. The van der Waals surface area contributed by atoms with E-state index in [1.165, 1.54) is 32.1 Å². The molecule has 0 amide bonds. The molecule has 0 heterocycles. The van der Waals surface area contributed by atoms with Crippen molar-refractivity contribution in [2.75, 3.05) is 14.2 Å². The Bertz CT molecular complexity index is 409. The third kappa shape index (κ3) is 2.84. The molecule has 0 atom stereocenters. The van der Waals surface area contributed by atoms with Crippen LogP contribution >= 0.6 is 0 Å². The number of benzene rings is 1. The van der Waals surface area contributed by atoms with Crippen LogP contribution in [0.1, 0.15) is 37.7 Å². The highest BCUT2D eigenvalue weighted by Crippen LogP contribution is 2.30. The zero-order chi connectivity index (χ0) is 12.8. The van der Waals surface area contributed by atoms with Gasteiger partial charge in [0.15, 0.2) is 0 Å². The summed E-state index contributed by atoms with van der Waals surface area (Å²) in [5.74, 6) is 1.37. The second-order valence-corrected chi connectivity index (χ2v) is 4.69. The zero-order valence-electron chi connectivity index (χ0n) is 11.2. The van der Waals surface area contributed by atoms with Crippen molar-refractivity contribution in [1.82, 2.24) is 0 Å². The van der Waals surface area contributed by atoms with Gasteiger partial charge in [0.25, 0.3) is 0 Å². The molecule has 0 unspecified atom stereocenters. The van der Waals surface area contributed by atoms with Crippen LogP contribution in [0.5, 0.6) is 5.75 Å². The summed E-state index contributed by atoms with van der Waals surface area (Å²) in [7, 11) is 3.31. The molecule has 2 rings (SSSR count). The van der Waals surface area contributed by atoms with Gasteiger partial charge in [-0.15, -0.1) is 0 Å². The average Bonchev–Trinajstić information content (AvgIpc) is 2.46. The molecular weight excluding hydrogens is 226 g/mol. The molecule has 1 saturated carbocycles. The minimum Gasteiger partial charge on any atom is -0.496 e. The van der Waals surface area contributed by atoms with Crippen LogP contribution in [0.3, 0.4) is 0 Å². The zero-order valence-corrected chi connectivity index (χ0v) is 11.2. The molecule has 0 saturated heterocycles. The first-order valence-corrected chi connectivity index (χ1v) is 6.61. The van der Waals surface area contributed by atoms with E-state index >= 15 is 0 Å². The highest BCUT2D eigenvalue weighted by atomic mass is 16.6. The summed E-state index contributed by atoms with van der Waals surface area (Å²) in [5, 5.41) is 4.26. The second-order valence-electron chi connectivity index (χ2n) is 4.69. The third-order valence-corrected chi connectivity index (χ3v) is 3.56. The van der Waals surface area contributed by atoms with Crippen LogP contribution in [0, 0.1) is 5.92 Å². The van der Waals surface area contributed by atoms with Crippen LogP contribution in [0.15, 0.2) is 29.4 Å². The molecule has 1 aromatic carbocycles. The fourth-order valence-electron chi connectivity index (χ4n) is 2.67. The molecule has 1 aliphatic carbocycles. The van der Waals surface area contributed by atoms with Gasteiger partial charge in [-0.25, -0.2) is 0 Å². The maximum Gasteiger partial charge on any atom is 0.128 e. The van der Waals surface area contributed by atoms with Crippen LogP contribution in [0.2, 0.25) is 0 Å². The van der Waals surface area contributed by atoms with E-state index in [0.29, 0.717) is 5.92 Å². The van der Waals surface area contributed by atoms with E-state index in [0.717, 1.165) is 17.0 Å². The summed E-state index contributed by atoms with van der Waals surface area (Å²) in [4.78, 5) is 5.04. The molecule has 3 nitrogen and oxygen atoms in total. The minimum absolute atomic E-state index is 0.495. The molecule has 98 valence electrons. The highest BCUT2D eigenvalue weighted by Gasteiger charge is 2.23. The third-order valence-electron chi connectivity index (χ3n) is 3.56. The van der Waals surface area contributed by atoms with Gasteiger partial charge in [-0.2, -0.15) is 0 Å². The number of ether oxygens (including phenoxy) is 1. The van der Waals surface area contributed by atoms with Crippen molar-refractivity contribution in [2.45, 2.75) is 32.1 Å². The van der Waals surface area contributed by atoms with Crippen molar-refractivity contribution in [1.29, 1.82) is 0 Å². The Labute approximate surface area is 109 Å². The van der Waals surface area contributed by atoms with E-state index in [-0.39, 0.29) is 0 Å². The van der Waals surface area contributed by atoms with Gasteiger partial charge in [-0.3, -0.25) is 0 Å². The van der Waals surface area contributed by atoms with E-state index in [9.17, 15) is 0 Å². The lowest BCUT2D eigenvalue weighted by molar-refractivity contribution is 0.209. The Balaban J connectivity index is 2.31. The van der Waals surface area contributed by atoms with Crippen molar-refractivity contribution in [3.8, 4) is 5.75 Å². The van der Waals surface area contributed by atoms with Gasteiger partial charge in [0.1, 0.15) is 12.9 Å². The topological polar surface area (TPSA) is 30.8 Å². The summed E-state index contributed by atoms with van der Waals surface area (Å²) in [6.07, 6.45) is 6.29. The Morgan fingerprint density at radius 2 is 1.83 bits per heavy atom. The van der Waals surface area contributed by atoms with Crippen molar-refractivity contribution >= 4 is 5.71 Å². The molecule has 3 heteroatoms. The Kier molecular flexibility index (Phi) is 4.62. The summed E-state index contributed by atoms with van der Waals surface area (Å²) >= 11 is 0. The number of hydrogen-bond donors (Lipinski definition) is 0. The average molecular weight is 247 g/mol. The molecule has 0 spiro atoms. The van der Waals surface area contributed by atoms with E-state index < -0.39 is 0 Å². The SMILES string of the molecule is CO/N=C(/c1ccccc1OC)C1CCCCC1. The Morgan fingerprint density at radius 3 is 2.50 bits per heavy atom. The lowest BCUT2D eigenvalue weighted by Crippen LogP contribution is -2.20. The van der Waals surface area contributed by atoms with Gasteiger partial charge in [0.05, 0.1) is 12.8 Å². The number of hydrogen-bond acceptors (Lipinski definition) is 3. The van der Waals surface area contributed by atoms with Crippen molar-refractivity contribution in [2.24, 2.45) is 11.1 Å². The maximum absolute atomic E-state index is 5.43. The lowest BCUT2D eigenvalue weighted by atomic mass is 9.83. The fourth-order valence-corrected chi connectivity index (χ4v) is 2.67. The van der Waals surface area contributed by atoms with Crippen molar-refractivity contribution < 1.29 is 9.57 Å². The van der Waals surface area contributed by atoms with E-state index in [1.54, 1.807) is 14.2 Å². The molecule has 0 radical (unpaired) electrons. The summed E-state index contributed by atoms with van der Waals surface area (Å²) < 4.78 is 5.43. The van der Waals surface area contributed by atoms with E-state index in [2.05, 4.69) is 11.2 Å². The number of rotatable bonds is 4. The maximum atomic E-state index is 5.43. The molecule has 0 N–H and O–H groups in total. The normalized spacial score (nSPS) is 17.6. The molecule has 18 heavy (non-hydrogen) atoms. The van der Waals surface area contributed by atoms with Gasteiger partial charge in [0, 0.05) is 11.5 Å². The predicted molar refractivity (Wildman–Crippen MR) is 73.1 cm³/mol. The standard InChI is InChI=1S/C15H21NO2/c1-17-14-11-7-6-10-13(14)15(16-18-2)12-8-4-3-5-9-12/h6-7,10-12H,3-5,8-9H2,1-2H3/b16-15+. The molecule has 0 aromatic heterocycles. The van der Waals surface area contributed by atoms with Gasteiger partial charge in [-0.1, -0.05) is 36.6 Å². The predicted octanol–water partition coefficient (Wildman–Crippen LogP) is 3.63. The smallest absolute Gasteiger partial charge is 0.128 e. The summed E-state index contributed by atoms with van der Waals surface area (Å²) in [6, 6.07) is 8.04. The van der Waals surface area contributed by atoms with E-state index in [1.807, 2.05) is 18.2 Å². The fraction of sp³-hybridized carbons (Fsp3) is 0.533. The lowest BCUT2D eigenvalue weighted by Gasteiger charge is -2.23. The minimum atomic E-state index is 0.495. The summed E-state index contributed by atoms with van der Waals surface area (Å²) in [6.45, 7) is 0. The molecule has 0 bridgehead atoms. The van der Waals surface area contributed by atoms with Gasteiger partial charge < -0.3 is 9.57 Å². The van der Waals surface area contributed by atoms with Crippen molar-refractivity contribution in [3.05, 3.63) is 29.8 Å². The van der Waals surface area contributed by atoms with Crippen LogP contribution in [-0.4, -0.2) is 19.9 Å². The molecule has 0 aliphatic heterocycles. The van der Waals surface area contributed by atoms with Gasteiger partial charge in [0.2, 0.25) is 0 Å².